The van der Waals surface area contributed by atoms with Gasteiger partial charge in [0.05, 0.1) is 0 Å². The van der Waals surface area contributed by atoms with Gasteiger partial charge < -0.3 is 15.7 Å². The molecule has 1 aromatic carbocycles. The monoisotopic (exact) mass is 262 g/mol. The van der Waals surface area contributed by atoms with E-state index >= 15 is 0 Å². The number of hydrogen-bond donors (Lipinski definition) is 3. The Bertz CT molecular complexity index is 453. The Kier molecular flexibility index (Phi) is 3.98. The van der Waals surface area contributed by atoms with Crippen LogP contribution >= 0.6 is 0 Å². The molecule has 1 saturated carbocycles. The third-order valence-electron chi connectivity index (χ3n) is 4.08. The second-order valence-corrected chi connectivity index (χ2v) is 5.72. The molecule has 0 atom stereocenters. The van der Waals surface area contributed by atoms with Crippen molar-refractivity contribution in [1.29, 1.82) is 0 Å². The zero-order chi connectivity index (χ0) is 13.9. The molecule has 0 bridgehead atoms. The molecule has 0 aliphatic heterocycles. The zero-order valence-electron chi connectivity index (χ0n) is 11.6. The van der Waals surface area contributed by atoms with Gasteiger partial charge in [0, 0.05) is 13.1 Å². The standard InChI is InChI=1S/C15H22N2O2/c1-11(2)15(6-7-15)10-17-14(19)16-9-12-4-3-5-13(18)8-12/h3-5,8,11,18H,6-7,9-10H2,1-2H3,(H2,16,17,19). The molecule has 1 fully saturated rings. The van der Waals surface area contributed by atoms with E-state index in [4.69, 9.17) is 0 Å². The predicted octanol–water partition coefficient (Wildman–Crippen LogP) is 2.63. The van der Waals surface area contributed by atoms with E-state index in [0.717, 1.165) is 12.1 Å². The van der Waals surface area contributed by atoms with Gasteiger partial charge in [0.15, 0.2) is 0 Å². The largest absolute Gasteiger partial charge is 0.508 e. The number of nitrogens with one attached hydrogen (secondary N) is 2. The molecule has 4 nitrogen and oxygen atoms in total. The summed E-state index contributed by atoms with van der Waals surface area (Å²) in [5.41, 5.74) is 1.21. The van der Waals surface area contributed by atoms with E-state index in [-0.39, 0.29) is 11.8 Å². The zero-order valence-corrected chi connectivity index (χ0v) is 11.6. The summed E-state index contributed by atoms with van der Waals surface area (Å²) in [4.78, 5) is 11.7. The summed E-state index contributed by atoms with van der Waals surface area (Å²) in [6.07, 6.45) is 2.41. The van der Waals surface area contributed by atoms with Crippen LogP contribution in [0, 0.1) is 11.3 Å². The lowest BCUT2D eigenvalue weighted by atomic mass is 9.92. The first-order valence-corrected chi connectivity index (χ1v) is 6.81. The van der Waals surface area contributed by atoms with Crippen molar-refractivity contribution in [3.05, 3.63) is 29.8 Å². The molecule has 0 aromatic heterocycles. The Hall–Kier alpha value is -1.71. The number of phenolic OH excluding ortho intramolecular Hbond substituents is 1. The number of rotatable bonds is 5. The van der Waals surface area contributed by atoms with Crippen LogP contribution in [-0.2, 0) is 6.54 Å². The number of phenols is 1. The van der Waals surface area contributed by atoms with Crippen LogP contribution in [0.2, 0.25) is 0 Å². The highest BCUT2D eigenvalue weighted by Crippen LogP contribution is 2.51. The summed E-state index contributed by atoms with van der Waals surface area (Å²) in [5.74, 6) is 0.829. The molecule has 19 heavy (non-hydrogen) atoms. The Morgan fingerprint density at radius 2 is 2.11 bits per heavy atom. The Labute approximate surface area is 114 Å². The Morgan fingerprint density at radius 3 is 2.68 bits per heavy atom. The number of carbonyl (C=O) groups excluding carboxylic acids is 1. The van der Waals surface area contributed by atoms with Crippen molar-refractivity contribution in [2.24, 2.45) is 11.3 Å². The molecule has 1 aliphatic carbocycles. The highest BCUT2D eigenvalue weighted by Gasteiger charge is 2.45. The summed E-state index contributed by atoms with van der Waals surface area (Å²) in [5, 5.41) is 15.1. The minimum atomic E-state index is -0.143. The van der Waals surface area contributed by atoms with Gasteiger partial charge in [-0.05, 0) is 41.9 Å². The average molecular weight is 262 g/mol. The molecule has 0 heterocycles. The van der Waals surface area contributed by atoms with E-state index in [0.29, 0.717) is 17.9 Å². The molecule has 2 amide bonds. The maximum Gasteiger partial charge on any atom is 0.315 e. The molecule has 3 N–H and O–H groups in total. The SMILES string of the molecule is CC(C)C1(CNC(=O)NCc2cccc(O)c2)CC1. The molecule has 1 aromatic rings. The fraction of sp³-hybridized carbons (Fsp3) is 0.533. The van der Waals surface area contributed by atoms with Crippen molar-refractivity contribution in [3.63, 3.8) is 0 Å². The number of amides is 2. The van der Waals surface area contributed by atoms with Gasteiger partial charge in [-0.3, -0.25) is 0 Å². The van der Waals surface area contributed by atoms with Crippen LogP contribution in [0.15, 0.2) is 24.3 Å². The Morgan fingerprint density at radius 1 is 1.37 bits per heavy atom. The number of benzene rings is 1. The molecule has 0 radical (unpaired) electrons. The van der Waals surface area contributed by atoms with E-state index in [9.17, 15) is 9.90 Å². The third-order valence-corrected chi connectivity index (χ3v) is 4.08. The van der Waals surface area contributed by atoms with E-state index in [1.165, 1.54) is 12.8 Å². The van der Waals surface area contributed by atoms with Crippen LogP contribution in [0.25, 0.3) is 0 Å². The van der Waals surface area contributed by atoms with Crippen LogP contribution in [0.3, 0.4) is 0 Å². The van der Waals surface area contributed by atoms with Crippen LogP contribution in [-0.4, -0.2) is 17.7 Å². The highest BCUT2D eigenvalue weighted by molar-refractivity contribution is 5.73. The van der Waals surface area contributed by atoms with Gasteiger partial charge in [-0.25, -0.2) is 4.79 Å². The van der Waals surface area contributed by atoms with Crippen molar-refractivity contribution in [3.8, 4) is 5.75 Å². The molecule has 2 rings (SSSR count). The minimum absolute atomic E-state index is 0.143. The third kappa shape index (κ3) is 3.63. The lowest BCUT2D eigenvalue weighted by Gasteiger charge is -2.20. The molecule has 1 aliphatic rings. The van der Waals surface area contributed by atoms with Gasteiger partial charge in [0.1, 0.15) is 5.75 Å². The second-order valence-electron chi connectivity index (χ2n) is 5.72. The van der Waals surface area contributed by atoms with Gasteiger partial charge in [-0.2, -0.15) is 0 Å². The van der Waals surface area contributed by atoms with Crippen molar-refractivity contribution in [2.45, 2.75) is 33.2 Å². The van der Waals surface area contributed by atoms with Crippen LogP contribution < -0.4 is 10.6 Å². The summed E-state index contributed by atoms with van der Waals surface area (Å²) in [7, 11) is 0. The highest BCUT2D eigenvalue weighted by atomic mass is 16.3. The fourth-order valence-corrected chi connectivity index (χ4v) is 2.29. The van der Waals surface area contributed by atoms with Crippen LogP contribution in [0.5, 0.6) is 5.75 Å². The van der Waals surface area contributed by atoms with Gasteiger partial charge in [0.25, 0.3) is 0 Å². The summed E-state index contributed by atoms with van der Waals surface area (Å²) < 4.78 is 0. The fourth-order valence-electron chi connectivity index (χ4n) is 2.29. The van der Waals surface area contributed by atoms with E-state index < -0.39 is 0 Å². The van der Waals surface area contributed by atoms with Crippen LogP contribution in [0.1, 0.15) is 32.3 Å². The topological polar surface area (TPSA) is 61.4 Å². The first-order valence-electron chi connectivity index (χ1n) is 6.81. The first-order chi connectivity index (χ1) is 9.02. The van der Waals surface area contributed by atoms with Crippen molar-refractivity contribution >= 4 is 6.03 Å². The number of urea groups is 1. The molecule has 0 unspecified atom stereocenters. The van der Waals surface area contributed by atoms with Gasteiger partial charge in [0.2, 0.25) is 0 Å². The van der Waals surface area contributed by atoms with E-state index in [1.807, 2.05) is 6.07 Å². The number of aromatic hydroxyl groups is 1. The molecular formula is C15H22N2O2. The van der Waals surface area contributed by atoms with E-state index in [2.05, 4.69) is 24.5 Å². The molecular weight excluding hydrogens is 240 g/mol. The molecule has 0 spiro atoms. The Balaban J connectivity index is 1.73. The first kappa shape index (κ1) is 13.7. The van der Waals surface area contributed by atoms with Crippen molar-refractivity contribution in [1.82, 2.24) is 10.6 Å². The second kappa shape index (κ2) is 5.51. The maximum atomic E-state index is 11.7. The minimum Gasteiger partial charge on any atom is -0.508 e. The smallest absolute Gasteiger partial charge is 0.315 e. The van der Waals surface area contributed by atoms with Crippen molar-refractivity contribution in [2.75, 3.05) is 6.54 Å². The normalized spacial score (nSPS) is 16.2. The summed E-state index contributed by atoms with van der Waals surface area (Å²) in [6.45, 7) is 5.59. The van der Waals surface area contributed by atoms with E-state index in [1.54, 1.807) is 18.2 Å². The quantitative estimate of drug-likeness (QED) is 0.764. The summed E-state index contributed by atoms with van der Waals surface area (Å²) in [6, 6.07) is 6.76. The maximum absolute atomic E-state index is 11.7. The molecule has 104 valence electrons. The molecule has 4 heteroatoms. The van der Waals surface area contributed by atoms with Crippen molar-refractivity contribution < 1.29 is 9.90 Å². The lowest BCUT2D eigenvalue weighted by molar-refractivity contribution is 0.234. The van der Waals surface area contributed by atoms with Gasteiger partial charge >= 0.3 is 6.03 Å². The molecule has 0 saturated heterocycles. The number of carbonyl (C=O) groups is 1. The average Bonchev–Trinajstić information content (AvgIpc) is 3.15. The number of hydrogen-bond acceptors (Lipinski definition) is 2. The summed E-state index contributed by atoms with van der Waals surface area (Å²) >= 11 is 0. The lowest BCUT2D eigenvalue weighted by Crippen LogP contribution is -2.39. The van der Waals surface area contributed by atoms with Gasteiger partial charge in [-0.1, -0.05) is 26.0 Å². The predicted molar refractivity (Wildman–Crippen MR) is 74.9 cm³/mol. The van der Waals surface area contributed by atoms with Crippen LogP contribution in [0.4, 0.5) is 4.79 Å². The van der Waals surface area contributed by atoms with Gasteiger partial charge in [-0.15, -0.1) is 0 Å².